The minimum atomic E-state index is -0.856. The van der Waals surface area contributed by atoms with Crippen LogP contribution in [0, 0.1) is 0 Å². The first-order valence-corrected chi connectivity index (χ1v) is 8.47. The van der Waals surface area contributed by atoms with Gasteiger partial charge in [-0.3, -0.25) is 10.2 Å². The van der Waals surface area contributed by atoms with Crippen molar-refractivity contribution in [2.75, 3.05) is 5.32 Å². The molecular weight excluding hydrogens is 306 g/mol. The molecule has 1 atom stereocenters. The summed E-state index contributed by atoms with van der Waals surface area (Å²) in [5.41, 5.74) is 7.16. The molecule has 0 fully saturated rings. The Balaban J connectivity index is 1.74. The van der Waals surface area contributed by atoms with Gasteiger partial charge in [0.15, 0.2) is 0 Å². The van der Waals surface area contributed by atoms with Crippen LogP contribution in [0.3, 0.4) is 0 Å². The van der Waals surface area contributed by atoms with E-state index in [1.165, 1.54) is 17.3 Å². The van der Waals surface area contributed by atoms with E-state index < -0.39 is 4.87 Å². The molecule has 2 N–H and O–H groups in total. The molecular formula is C18H17N3OS. The van der Waals surface area contributed by atoms with Gasteiger partial charge >= 0.3 is 0 Å². The third-order valence-electron chi connectivity index (χ3n) is 4.24. The molecule has 1 unspecified atom stereocenters. The van der Waals surface area contributed by atoms with Gasteiger partial charge in [0.25, 0.3) is 5.91 Å². The minimum Gasteiger partial charge on any atom is -0.323 e. The van der Waals surface area contributed by atoms with E-state index in [1.807, 2.05) is 36.4 Å². The summed E-state index contributed by atoms with van der Waals surface area (Å²) < 4.78 is 0. The van der Waals surface area contributed by atoms with Crippen molar-refractivity contribution in [3.05, 3.63) is 65.2 Å². The molecule has 0 saturated heterocycles. The number of hydrogen-bond acceptors (Lipinski definition) is 4. The molecule has 23 heavy (non-hydrogen) atoms. The van der Waals surface area contributed by atoms with Crippen LogP contribution in [-0.2, 0) is 9.67 Å². The van der Waals surface area contributed by atoms with E-state index in [2.05, 4.69) is 41.8 Å². The van der Waals surface area contributed by atoms with Gasteiger partial charge in [-0.25, -0.2) is 0 Å². The van der Waals surface area contributed by atoms with Gasteiger partial charge in [-0.15, -0.1) is 0 Å². The highest BCUT2D eigenvalue weighted by Crippen LogP contribution is 2.48. The molecule has 0 aromatic heterocycles. The highest BCUT2D eigenvalue weighted by atomic mass is 32.2. The number of nitrogens with zero attached hydrogens (tertiary/aromatic N) is 1. The molecule has 4 nitrogen and oxygen atoms in total. The zero-order valence-electron chi connectivity index (χ0n) is 13.0. The van der Waals surface area contributed by atoms with Crippen LogP contribution in [-0.4, -0.2) is 11.0 Å². The third kappa shape index (κ3) is 2.15. The van der Waals surface area contributed by atoms with Crippen molar-refractivity contribution in [2.45, 2.75) is 24.6 Å². The van der Waals surface area contributed by atoms with Crippen molar-refractivity contribution < 1.29 is 4.79 Å². The molecule has 5 heteroatoms. The predicted molar refractivity (Wildman–Crippen MR) is 94.5 cm³/mol. The van der Waals surface area contributed by atoms with Gasteiger partial charge in [-0.1, -0.05) is 62.0 Å². The van der Waals surface area contributed by atoms with Crippen LogP contribution >= 0.6 is 11.8 Å². The van der Waals surface area contributed by atoms with Crippen LogP contribution in [0.1, 0.15) is 36.5 Å². The summed E-state index contributed by atoms with van der Waals surface area (Å²) in [4.78, 5) is 11.8. The van der Waals surface area contributed by atoms with E-state index in [1.54, 1.807) is 0 Å². The Kier molecular flexibility index (Phi) is 3.20. The number of nitrogens with one attached hydrogen (secondary N) is 2. The first-order valence-electron chi connectivity index (χ1n) is 7.65. The summed E-state index contributed by atoms with van der Waals surface area (Å²) in [7, 11) is 0. The Morgan fingerprint density at radius 3 is 2.65 bits per heavy atom. The summed E-state index contributed by atoms with van der Waals surface area (Å²) >= 11 is 1.47. The monoisotopic (exact) mass is 323 g/mol. The van der Waals surface area contributed by atoms with Gasteiger partial charge in [0, 0.05) is 16.8 Å². The van der Waals surface area contributed by atoms with Crippen LogP contribution < -0.4 is 10.7 Å². The number of benzene rings is 2. The quantitative estimate of drug-likeness (QED) is 0.887. The van der Waals surface area contributed by atoms with Crippen molar-refractivity contribution in [2.24, 2.45) is 5.10 Å². The van der Waals surface area contributed by atoms with E-state index in [4.69, 9.17) is 0 Å². The first-order chi connectivity index (χ1) is 11.1. The number of carbonyl (C=O) groups is 1. The van der Waals surface area contributed by atoms with Crippen LogP contribution in [0.5, 0.6) is 0 Å². The van der Waals surface area contributed by atoms with Crippen molar-refractivity contribution in [1.29, 1.82) is 0 Å². The zero-order chi connectivity index (χ0) is 16.0. The first kappa shape index (κ1) is 14.3. The highest BCUT2D eigenvalue weighted by Gasteiger charge is 2.52. The Morgan fingerprint density at radius 2 is 1.91 bits per heavy atom. The average molecular weight is 323 g/mol. The maximum Gasteiger partial charge on any atom is 0.267 e. The van der Waals surface area contributed by atoms with E-state index in [9.17, 15) is 4.79 Å². The van der Waals surface area contributed by atoms with Crippen molar-refractivity contribution in [1.82, 2.24) is 5.43 Å². The Bertz CT molecular complexity index is 816. The second-order valence-electron chi connectivity index (χ2n) is 6.09. The van der Waals surface area contributed by atoms with Gasteiger partial charge in [-0.05, 0) is 23.6 Å². The number of hydrazone groups is 1. The number of amides is 1. The topological polar surface area (TPSA) is 53.5 Å². The van der Waals surface area contributed by atoms with Crippen LogP contribution in [0.25, 0.3) is 0 Å². The summed E-state index contributed by atoms with van der Waals surface area (Å²) in [5.74, 6) is 0.349. The molecule has 2 heterocycles. The van der Waals surface area contributed by atoms with Gasteiger partial charge in [0.1, 0.15) is 5.04 Å². The molecule has 2 aromatic carbocycles. The minimum absolute atomic E-state index is 0.0620. The number of rotatable bonds is 2. The molecule has 2 aliphatic heterocycles. The van der Waals surface area contributed by atoms with Gasteiger partial charge in [0.05, 0.1) is 0 Å². The van der Waals surface area contributed by atoms with E-state index in [0.29, 0.717) is 5.92 Å². The SMILES string of the molecule is CC(C)c1ccc2c(c1)C1(NN=C(c3ccccc3)S1)C(=O)N2. The molecule has 0 bridgehead atoms. The second kappa shape index (κ2) is 5.13. The molecule has 2 aromatic rings. The lowest BCUT2D eigenvalue weighted by atomic mass is 9.98. The number of thioether (sulfide) groups is 1. The number of fused-ring (bicyclic) bond motifs is 2. The zero-order valence-corrected chi connectivity index (χ0v) is 13.8. The van der Waals surface area contributed by atoms with Crippen molar-refractivity contribution >= 4 is 28.4 Å². The molecule has 1 spiro atoms. The third-order valence-corrected chi connectivity index (χ3v) is 5.57. The molecule has 1 amide bonds. The Labute approximate surface area is 139 Å². The molecule has 2 aliphatic rings. The lowest BCUT2D eigenvalue weighted by Gasteiger charge is -2.21. The van der Waals surface area contributed by atoms with Gasteiger partial charge in [-0.2, -0.15) is 5.10 Å². The van der Waals surface area contributed by atoms with Crippen LogP contribution in [0.15, 0.2) is 53.6 Å². The lowest BCUT2D eigenvalue weighted by Crippen LogP contribution is -2.39. The van der Waals surface area contributed by atoms with Crippen LogP contribution in [0.4, 0.5) is 5.69 Å². The summed E-state index contributed by atoms with van der Waals surface area (Å²) in [6.07, 6.45) is 0. The normalized spacial score (nSPS) is 22.0. The van der Waals surface area contributed by atoms with Gasteiger partial charge < -0.3 is 5.32 Å². The van der Waals surface area contributed by atoms with Crippen molar-refractivity contribution in [3.63, 3.8) is 0 Å². The number of hydrogen-bond donors (Lipinski definition) is 2. The smallest absolute Gasteiger partial charge is 0.267 e. The molecule has 116 valence electrons. The van der Waals surface area contributed by atoms with E-state index in [0.717, 1.165) is 21.9 Å². The molecule has 0 saturated carbocycles. The van der Waals surface area contributed by atoms with E-state index >= 15 is 0 Å². The summed E-state index contributed by atoms with van der Waals surface area (Å²) in [5, 5.41) is 8.24. The second-order valence-corrected chi connectivity index (χ2v) is 7.30. The maximum absolute atomic E-state index is 12.6. The van der Waals surface area contributed by atoms with Crippen molar-refractivity contribution in [3.8, 4) is 0 Å². The summed E-state index contributed by atoms with van der Waals surface area (Å²) in [6, 6.07) is 16.1. The lowest BCUT2D eigenvalue weighted by molar-refractivity contribution is -0.118. The van der Waals surface area contributed by atoms with Gasteiger partial charge in [0.2, 0.25) is 4.87 Å². The fourth-order valence-electron chi connectivity index (χ4n) is 2.89. The highest BCUT2D eigenvalue weighted by molar-refractivity contribution is 8.16. The van der Waals surface area contributed by atoms with Crippen LogP contribution in [0.2, 0.25) is 0 Å². The molecule has 0 aliphatic carbocycles. The maximum atomic E-state index is 12.6. The average Bonchev–Trinajstić information content (AvgIpc) is 3.12. The Morgan fingerprint density at radius 1 is 1.13 bits per heavy atom. The number of anilines is 1. The molecule has 4 rings (SSSR count). The predicted octanol–water partition coefficient (Wildman–Crippen LogP) is 3.61. The largest absolute Gasteiger partial charge is 0.323 e. The standard InChI is InChI=1S/C18H17N3OS/c1-11(2)13-8-9-15-14(10-13)18(17(22)19-15)21-20-16(23-18)12-6-4-3-5-7-12/h3-11,21H,1-2H3,(H,19,22). The fraction of sp³-hybridized carbons (Fsp3) is 0.222. The summed E-state index contributed by atoms with van der Waals surface area (Å²) in [6.45, 7) is 4.30. The van der Waals surface area contributed by atoms with E-state index in [-0.39, 0.29) is 5.91 Å². The Hall–Kier alpha value is -2.27. The number of carbonyl (C=O) groups excluding carboxylic acids is 1. The fourth-order valence-corrected chi connectivity index (χ4v) is 4.04. The molecule has 0 radical (unpaired) electrons.